The van der Waals surface area contributed by atoms with Crippen LogP contribution in [0, 0.1) is 19.8 Å². The number of benzene rings is 2. The van der Waals surface area contributed by atoms with Crippen LogP contribution in [-0.2, 0) is 14.3 Å². The van der Waals surface area contributed by atoms with Gasteiger partial charge in [-0.1, -0.05) is 68.8 Å². The summed E-state index contributed by atoms with van der Waals surface area (Å²) < 4.78 is 5.49. The molecule has 0 radical (unpaired) electrons. The van der Waals surface area contributed by atoms with Crippen molar-refractivity contribution < 1.29 is 19.1 Å². The second-order valence-corrected chi connectivity index (χ2v) is 12.8. The molecular formula is C32H46ClN3O4. The third-order valence-electron chi connectivity index (χ3n) is 6.91. The Bertz CT molecular complexity index is 1180. The smallest absolute Gasteiger partial charge is 0.408 e. The quantitative estimate of drug-likeness (QED) is 0.307. The van der Waals surface area contributed by atoms with Crippen molar-refractivity contribution in [3.63, 3.8) is 0 Å². The van der Waals surface area contributed by atoms with Crippen LogP contribution in [0.25, 0.3) is 0 Å². The number of aryl methyl sites for hydroxylation is 2. The van der Waals surface area contributed by atoms with E-state index in [1.54, 1.807) is 31.7 Å². The van der Waals surface area contributed by atoms with E-state index in [0.29, 0.717) is 29.1 Å². The van der Waals surface area contributed by atoms with Gasteiger partial charge in [0.1, 0.15) is 17.7 Å². The minimum atomic E-state index is -0.991. The molecule has 0 bridgehead atoms. The molecule has 220 valence electrons. The number of hydrogen-bond acceptors (Lipinski definition) is 4. The predicted molar refractivity (Wildman–Crippen MR) is 163 cm³/mol. The van der Waals surface area contributed by atoms with Crippen LogP contribution >= 0.6 is 11.6 Å². The molecule has 0 aliphatic heterocycles. The van der Waals surface area contributed by atoms with Crippen LogP contribution in [0.5, 0.6) is 0 Å². The monoisotopic (exact) mass is 571 g/mol. The number of nitrogens with zero attached hydrogens (tertiary/aromatic N) is 1. The number of anilines is 1. The SMILES string of the molecule is CCC(C)(C)N(C(=O)C(CC(C)C)NC(=O)OC(C)(C)C)C(C(=O)Nc1c(C)cccc1Cl)c1ccccc1C. The maximum atomic E-state index is 14.6. The molecule has 0 aliphatic rings. The molecule has 0 aliphatic carbocycles. The van der Waals surface area contributed by atoms with Crippen LogP contribution in [0.1, 0.15) is 91.0 Å². The summed E-state index contributed by atoms with van der Waals surface area (Å²) in [5.41, 5.74) is 1.39. The largest absolute Gasteiger partial charge is 0.444 e. The fourth-order valence-corrected chi connectivity index (χ4v) is 4.80. The molecule has 0 aromatic heterocycles. The maximum absolute atomic E-state index is 14.6. The zero-order valence-corrected chi connectivity index (χ0v) is 26.4. The number of nitrogens with one attached hydrogen (secondary N) is 2. The van der Waals surface area contributed by atoms with Gasteiger partial charge >= 0.3 is 6.09 Å². The van der Waals surface area contributed by atoms with Crippen LogP contribution in [0.4, 0.5) is 10.5 Å². The fourth-order valence-electron chi connectivity index (χ4n) is 4.53. The van der Waals surface area contributed by atoms with Crippen molar-refractivity contribution in [2.24, 2.45) is 5.92 Å². The third-order valence-corrected chi connectivity index (χ3v) is 7.23. The molecule has 0 saturated carbocycles. The van der Waals surface area contributed by atoms with Crippen molar-refractivity contribution in [3.8, 4) is 0 Å². The van der Waals surface area contributed by atoms with Gasteiger partial charge in [0, 0.05) is 5.54 Å². The van der Waals surface area contributed by atoms with Gasteiger partial charge in [0.2, 0.25) is 5.91 Å². The minimum absolute atomic E-state index is 0.0898. The van der Waals surface area contributed by atoms with Crippen molar-refractivity contribution in [3.05, 3.63) is 64.2 Å². The summed E-state index contributed by atoms with van der Waals surface area (Å²) in [6.07, 6.45) is 0.268. The Morgan fingerprint density at radius 1 is 0.950 bits per heavy atom. The summed E-state index contributed by atoms with van der Waals surface area (Å²) in [6, 6.07) is 11.1. The zero-order valence-electron chi connectivity index (χ0n) is 25.6. The van der Waals surface area contributed by atoms with Gasteiger partial charge in [0.05, 0.1) is 10.7 Å². The first-order valence-corrected chi connectivity index (χ1v) is 14.3. The first-order chi connectivity index (χ1) is 18.5. The molecule has 0 fully saturated rings. The Balaban J connectivity index is 2.70. The molecule has 0 saturated heterocycles. The van der Waals surface area contributed by atoms with Crippen LogP contribution in [0.3, 0.4) is 0 Å². The topological polar surface area (TPSA) is 87.7 Å². The predicted octanol–water partition coefficient (Wildman–Crippen LogP) is 7.59. The van der Waals surface area contributed by atoms with Gasteiger partial charge in [0.15, 0.2) is 0 Å². The van der Waals surface area contributed by atoms with Crippen LogP contribution in [-0.4, -0.2) is 40.0 Å². The number of alkyl carbamates (subject to hydrolysis) is 1. The van der Waals surface area contributed by atoms with E-state index in [0.717, 1.165) is 11.1 Å². The molecule has 2 aromatic rings. The second-order valence-electron chi connectivity index (χ2n) is 12.4. The lowest BCUT2D eigenvalue weighted by atomic mass is 9.89. The lowest BCUT2D eigenvalue weighted by Gasteiger charge is -2.45. The maximum Gasteiger partial charge on any atom is 0.408 e. The molecule has 2 N–H and O–H groups in total. The number of amides is 3. The highest BCUT2D eigenvalue weighted by Crippen LogP contribution is 2.36. The van der Waals surface area contributed by atoms with Gasteiger partial charge in [-0.3, -0.25) is 9.59 Å². The Morgan fingerprint density at radius 3 is 2.08 bits per heavy atom. The Hall–Kier alpha value is -3.06. The molecule has 0 heterocycles. The number of carbonyl (C=O) groups excluding carboxylic acids is 3. The molecule has 7 nitrogen and oxygen atoms in total. The highest BCUT2D eigenvalue weighted by Gasteiger charge is 2.43. The first-order valence-electron chi connectivity index (χ1n) is 13.9. The summed E-state index contributed by atoms with van der Waals surface area (Å²) in [6.45, 7) is 18.9. The van der Waals surface area contributed by atoms with E-state index < -0.39 is 29.3 Å². The lowest BCUT2D eigenvalue weighted by molar-refractivity contribution is -0.148. The highest BCUT2D eigenvalue weighted by molar-refractivity contribution is 6.34. The average Bonchev–Trinajstić information content (AvgIpc) is 2.83. The summed E-state index contributed by atoms with van der Waals surface area (Å²) in [4.78, 5) is 43.3. The molecular weight excluding hydrogens is 526 g/mol. The summed E-state index contributed by atoms with van der Waals surface area (Å²) in [5, 5.41) is 6.23. The second kappa shape index (κ2) is 13.5. The normalized spacial score (nSPS) is 13.4. The van der Waals surface area contributed by atoms with Crippen LogP contribution < -0.4 is 10.6 Å². The molecule has 0 spiro atoms. The fraction of sp³-hybridized carbons (Fsp3) is 0.531. The molecule has 2 atom stereocenters. The Morgan fingerprint density at radius 2 is 1.55 bits per heavy atom. The number of halogens is 1. The molecule has 40 heavy (non-hydrogen) atoms. The Kier molecular flexibility index (Phi) is 11.2. The standard InChI is InChI=1S/C32H46ClN3O4/c1-11-32(9,10)36(29(38)25(19-20(2)3)34-30(39)40-31(6,7)8)27(23-17-13-12-15-21(23)4)28(37)35-26-22(5)16-14-18-24(26)33/h12-18,20,25,27H,11,19H2,1-10H3,(H,34,39)(H,35,37). The number of hydrogen-bond donors (Lipinski definition) is 2. The van der Waals surface area contributed by atoms with Crippen LogP contribution in [0.15, 0.2) is 42.5 Å². The summed E-state index contributed by atoms with van der Waals surface area (Å²) >= 11 is 6.48. The van der Waals surface area contributed by atoms with Gasteiger partial charge < -0.3 is 20.3 Å². The number of ether oxygens (including phenoxy) is 1. The van der Waals surface area contributed by atoms with Crippen LogP contribution in [0.2, 0.25) is 5.02 Å². The lowest BCUT2D eigenvalue weighted by Crippen LogP contribution is -2.59. The van der Waals surface area contributed by atoms with E-state index in [2.05, 4.69) is 10.6 Å². The van der Waals surface area contributed by atoms with Crippen molar-refractivity contribution >= 4 is 35.2 Å². The van der Waals surface area contributed by atoms with Crippen molar-refractivity contribution in [1.82, 2.24) is 10.2 Å². The van der Waals surface area contributed by atoms with Gasteiger partial charge in [-0.05, 0) is 90.0 Å². The summed E-state index contributed by atoms with van der Waals surface area (Å²) in [5.74, 6) is -0.654. The summed E-state index contributed by atoms with van der Waals surface area (Å²) in [7, 11) is 0. The van der Waals surface area contributed by atoms with E-state index in [1.165, 1.54) is 0 Å². The third kappa shape index (κ3) is 8.72. The van der Waals surface area contributed by atoms with E-state index in [-0.39, 0.29) is 17.7 Å². The van der Waals surface area contributed by atoms with E-state index in [4.69, 9.17) is 16.3 Å². The van der Waals surface area contributed by atoms with E-state index in [1.807, 2.05) is 84.9 Å². The molecule has 8 heteroatoms. The van der Waals surface area contributed by atoms with Gasteiger partial charge in [-0.15, -0.1) is 0 Å². The van der Waals surface area contributed by atoms with E-state index in [9.17, 15) is 14.4 Å². The number of rotatable bonds is 10. The first kappa shape index (κ1) is 33.1. The average molecular weight is 572 g/mol. The molecule has 2 rings (SSSR count). The minimum Gasteiger partial charge on any atom is -0.444 e. The molecule has 3 amide bonds. The van der Waals surface area contributed by atoms with E-state index >= 15 is 0 Å². The van der Waals surface area contributed by atoms with Gasteiger partial charge in [0.25, 0.3) is 5.91 Å². The molecule has 2 unspecified atom stereocenters. The molecule has 2 aromatic carbocycles. The van der Waals surface area contributed by atoms with Crippen molar-refractivity contribution in [2.75, 3.05) is 5.32 Å². The Labute approximate surface area is 245 Å². The number of carbonyl (C=O) groups is 3. The van der Waals surface area contributed by atoms with Gasteiger partial charge in [-0.25, -0.2) is 4.79 Å². The van der Waals surface area contributed by atoms with Gasteiger partial charge in [-0.2, -0.15) is 0 Å². The highest BCUT2D eigenvalue weighted by atomic mass is 35.5. The zero-order chi connectivity index (χ0) is 30.4. The number of para-hydroxylation sites is 1. The van der Waals surface area contributed by atoms with Crippen molar-refractivity contribution in [2.45, 2.75) is 105 Å². The van der Waals surface area contributed by atoms with Crippen molar-refractivity contribution in [1.29, 1.82) is 0 Å².